The number of hydrogen-bond donors (Lipinski definition) is 0. The first-order valence-corrected chi connectivity index (χ1v) is 3.56. The molecule has 0 aliphatic heterocycles. The number of carbonyl (C=O) groups excluding carboxylic acids is 1. The molecule has 5 nitrogen and oxygen atoms in total. The van der Waals surface area contributed by atoms with E-state index in [0.29, 0.717) is 7.11 Å². The second kappa shape index (κ2) is 2.70. The summed E-state index contributed by atoms with van der Waals surface area (Å²) >= 11 is 0. The van der Waals surface area contributed by atoms with E-state index in [-0.39, 0.29) is 0 Å². The van der Waals surface area contributed by atoms with Crippen molar-refractivity contribution >= 4 is 16.1 Å². The Morgan fingerprint density at radius 1 is 1.55 bits per heavy atom. The van der Waals surface area contributed by atoms with Gasteiger partial charge >= 0.3 is 11.2 Å². The van der Waals surface area contributed by atoms with Gasteiger partial charge in [-0.1, -0.05) is 0 Å². The molecule has 0 heterocycles. The summed E-state index contributed by atoms with van der Waals surface area (Å²) in [5.74, 6) is -2.38. The fourth-order valence-electron chi connectivity index (χ4n) is 0.221. The van der Waals surface area contributed by atoms with E-state index in [1.807, 2.05) is 0 Å². The van der Waals surface area contributed by atoms with Gasteiger partial charge in [-0.3, -0.25) is 0 Å². The smallest absolute Gasteiger partial charge is 0.428 e. The van der Waals surface area contributed by atoms with Crippen LogP contribution in [0, 0.1) is 0 Å². The maximum absolute atomic E-state index is 11.9. The third kappa shape index (κ3) is 1.84. The second-order valence-electron chi connectivity index (χ2n) is 1.46. The van der Waals surface area contributed by atoms with Crippen molar-refractivity contribution in [3.8, 4) is 0 Å². The molecular weight excluding hydrogens is 186 g/mol. The lowest BCUT2D eigenvalue weighted by Crippen LogP contribution is -2.38. The van der Waals surface area contributed by atoms with E-state index in [1.165, 1.54) is 0 Å². The summed E-state index contributed by atoms with van der Waals surface area (Å²) in [6.07, 6.45) is 0. The van der Waals surface area contributed by atoms with Gasteiger partial charge in [0.05, 0.1) is 7.11 Å². The fraction of sp³-hybridized carbons (Fsp3) is 0.667. The van der Waals surface area contributed by atoms with Gasteiger partial charge in [-0.05, 0) is 0 Å². The molecule has 0 amide bonds. The predicted molar refractivity (Wildman–Crippen MR) is 26.7 cm³/mol. The monoisotopic (exact) mass is 189 g/mol. The molecule has 0 atom stereocenters. The Morgan fingerprint density at radius 2 is 1.91 bits per heavy atom. The van der Waals surface area contributed by atoms with Gasteiger partial charge in [-0.2, -0.15) is 8.78 Å². The van der Waals surface area contributed by atoms with Gasteiger partial charge in [0.2, 0.25) is 0 Å². The summed E-state index contributed by atoms with van der Waals surface area (Å²) in [4.78, 5) is 9.93. The number of halogens is 2. The van der Waals surface area contributed by atoms with E-state index in [1.54, 1.807) is 0 Å². The van der Waals surface area contributed by atoms with Gasteiger partial charge in [0, 0.05) is 0 Å². The Balaban J connectivity index is 4.90. The Hall–Kier alpha value is -0.760. The highest BCUT2D eigenvalue weighted by Gasteiger charge is 2.47. The van der Waals surface area contributed by atoms with Gasteiger partial charge < -0.3 is 9.29 Å². The maximum Gasteiger partial charge on any atom is 0.428 e. The minimum Gasteiger partial charge on any atom is -0.743 e. The second-order valence-corrected chi connectivity index (χ2v) is 2.88. The number of methoxy groups -OCH3 is 1. The SMILES string of the molecule is COC(=O)C(F)(F)S(=O)(=O)[O-]. The molecule has 0 aromatic rings. The molecule has 0 aliphatic rings. The van der Waals surface area contributed by atoms with Crippen molar-refractivity contribution in [1.82, 2.24) is 0 Å². The molecule has 66 valence electrons. The Kier molecular flexibility index (Phi) is 2.51. The van der Waals surface area contributed by atoms with Crippen molar-refractivity contribution in [3.63, 3.8) is 0 Å². The molecule has 0 aromatic carbocycles. The molecule has 0 unspecified atom stereocenters. The highest BCUT2D eigenvalue weighted by molar-refractivity contribution is 7.87. The summed E-state index contributed by atoms with van der Waals surface area (Å²) in [6.45, 7) is 0. The topological polar surface area (TPSA) is 83.5 Å². The summed E-state index contributed by atoms with van der Waals surface area (Å²) in [7, 11) is -5.43. The van der Waals surface area contributed by atoms with E-state index < -0.39 is 21.3 Å². The van der Waals surface area contributed by atoms with Crippen LogP contribution >= 0.6 is 0 Å². The van der Waals surface area contributed by atoms with E-state index in [0.717, 1.165) is 0 Å². The Bertz CT molecular complexity index is 255. The molecule has 0 aromatic heterocycles. The molecular formula is C3H3F2O5S-. The van der Waals surface area contributed by atoms with Gasteiger partial charge in [0.25, 0.3) is 0 Å². The van der Waals surface area contributed by atoms with E-state index >= 15 is 0 Å². The molecule has 0 rings (SSSR count). The first-order valence-electron chi connectivity index (χ1n) is 2.15. The minimum absolute atomic E-state index is 0.543. The molecule has 0 fully saturated rings. The molecule has 0 aliphatic carbocycles. The van der Waals surface area contributed by atoms with E-state index in [9.17, 15) is 26.5 Å². The predicted octanol–water partition coefficient (Wildman–Crippen LogP) is -0.703. The molecule has 0 saturated heterocycles. The number of hydrogen-bond acceptors (Lipinski definition) is 5. The maximum atomic E-state index is 11.9. The van der Waals surface area contributed by atoms with Crippen molar-refractivity contribution < 1.29 is 31.3 Å². The average Bonchev–Trinajstić information content (AvgIpc) is 1.83. The third-order valence-corrected chi connectivity index (χ3v) is 1.53. The van der Waals surface area contributed by atoms with Gasteiger partial charge in [0.1, 0.15) is 0 Å². The summed E-state index contributed by atoms with van der Waals surface area (Å²) < 4.78 is 56.2. The lowest BCUT2D eigenvalue weighted by molar-refractivity contribution is -0.158. The molecule has 8 heteroatoms. The van der Waals surface area contributed by atoms with E-state index in [4.69, 9.17) is 0 Å². The van der Waals surface area contributed by atoms with Gasteiger partial charge in [0.15, 0.2) is 10.1 Å². The number of ether oxygens (including phenoxy) is 1. The normalized spacial score (nSPS) is 12.7. The van der Waals surface area contributed by atoms with Crippen LogP contribution in [0.1, 0.15) is 0 Å². The Morgan fingerprint density at radius 3 is 2.00 bits per heavy atom. The first kappa shape index (κ1) is 10.2. The number of alkyl halides is 2. The zero-order valence-electron chi connectivity index (χ0n) is 5.21. The van der Waals surface area contributed by atoms with Crippen molar-refractivity contribution in [1.29, 1.82) is 0 Å². The van der Waals surface area contributed by atoms with Gasteiger partial charge in [-0.25, -0.2) is 13.2 Å². The van der Waals surface area contributed by atoms with Crippen LogP contribution in [0.25, 0.3) is 0 Å². The number of rotatable bonds is 2. The summed E-state index contributed by atoms with van der Waals surface area (Å²) in [6, 6.07) is 0. The quantitative estimate of drug-likeness (QED) is 0.423. The zero-order chi connectivity index (χ0) is 9.28. The van der Waals surface area contributed by atoms with Crippen LogP contribution in [0.15, 0.2) is 0 Å². The standard InChI is InChI=1S/C3H4F2O5S/c1-10-2(6)3(4,5)11(7,8)9/h1H3,(H,7,8,9)/p-1. The van der Waals surface area contributed by atoms with Crippen LogP contribution < -0.4 is 0 Å². The van der Waals surface area contributed by atoms with E-state index in [2.05, 4.69) is 4.74 Å². The number of esters is 1. The lowest BCUT2D eigenvalue weighted by atomic mass is 10.7. The average molecular weight is 189 g/mol. The molecule has 0 saturated carbocycles. The summed E-state index contributed by atoms with van der Waals surface area (Å²) in [5.41, 5.74) is 0. The molecule has 0 bridgehead atoms. The van der Waals surface area contributed by atoms with Crippen LogP contribution in [-0.2, 0) is 19.6 Å². The van der Waals surface area contributed by atoms with Crippen molar-refractivity contribution in [2.45, 2.75) is 5.25 Å². The van der Waals surface area contributed by atoms with Crippen molar-refractivity contribution in [3.05, 3.63) is 0 Å². The van der Waals surface area contributed by atoms with Crippen LogP contribution in [0.4, 0.5) is 8.78 Å². The third-order valence-electron chi connectivity index (χ3n) is 0.737. The highest BCUT2D eigenvalue weighted by Crippen LogP contribution is 2.21. The summed E-state index contributed by atoms with van der Waals surface area (Å²) in [5, 5.41) is -5.00. The van der Waals surface area contributed by atoms with Crippen LogP contribution in [0.3, 0.4) is 0 Å². The largest absolute Gasteiger partial charge is 0.743 e. The molecule has 11 heavy (non-hydrogen) atoms. The Labute approximate surface area is 60.7 Å². The molecule has 0 radical (unpaired) electrons. The zero-order valence-corrected chi connectivity index (χ0v) is 6.02. The van der Waals surface area contributed by atoms with Crippen LogP contribution in [-0.4, -0.2) is 31.3 Å². The van der Waals surface area contributed by atoms with Crippen molar-refractivity contribution in [2.24, 2.45) is 0 Å². The first-order chi connectivity index (χ1) is 4.73. The molecule has 0 spiro atoms. The minimum atomic E-state index is -5.97. The van der Waals surface area contributed by atoms with Gasteiger partial charge in [-0.15, -0.1) is 0 Å². The molecule has 0 N–H and O–H groups in total. The fourth-order valence-corrected chi connectivity index (χ4v) is 0.508. The van der Waals surface area contributed by atoms with Crippen LogP contribution in [0.5, 0.6) is 0 Å². The lowest BCUT2D eigenvalue weighted by Gasteiger charge is -2.16. The van der Waals surface area contributed by atoms with Crippen LogP contribution in [0.2, 0.25) is 0 Å². The highest BCUT2D eigenvalue weighted by atomic mass is 32.2. The number of carbonyl (C=O) groups is 1. The van der Waals surface area contributed by atoms with Crippen molar-refractivity contribution in [2.75, 3.05) is 7.11 Å².